The number of aliphatic hydroxyl groups is 1. The molecule has 2 bridgehead atoms. The Balaban J connectivity index is 1.81. The summed E-state index contributed by atoms with van der Waals surface area (Å²) in [5, 5.41) is 13.8. The van der Waals surface area contributed by atoms with Gasteiger partial charge in [-0.05, 0) is 19.3 Å². The van der Waals surface area contributed by atoms with E-state index in [4.69, 9.17) is 5.11 Å². The first-order valence-electron chi connectivity index (χ1n) is 5.54. The van der Waals surface area contributed by atoms with Crippen molar-refractivity contribution in [1.82, 2.24) is 10.6 Å². The first-order valence-corrected chi connectivity index (χ1v) is 5.54. The quantitative estimate of drug-likeness (QED) is 0.635. The van der Waals surface area contributed by atoms with E-state index in [0.717, 1.165) is 19.3 Å². The van der Waals surface area contributed by atoms with Gasteiger partial charge in [0.25, 0.3) is 5.92 Å². The van der Waals surface area contributed by atoms with E-state index >= 15 is 0 Å². The number of fused-ring (bicyclic) bond motifs is 2. The van der Waals surface area contributed by atoms with Gasteiger partial charge in [0.05, 0.1) is 12.5 Å². The molecule has 1 amide bonds. The lowest BCUT2D eigenvalue weighted by Gasteiger charge is -2.21. The van der Waals surface area contributed by atoms with Crippen molar-refractivity contribution in [3.05, 3.63) is 0 Å². The number of hydrogen-bond donors (Lipinski definition) is 3. The molecule has 92 valence electrons. The Bertz CT molecular complexity index is 286. The molecule has 0 radical (unpaired) electrons. The zero-order chi connectivity index (χ0) is 11.8. The molecule has 0 aromatic rings. The minimum absolute atomic E-state index is 0.146. The van der Waals surface area contributed by atoms with Crippen LogP contribution in [0.3, 0.4) is 0 Å². The average molecular weight is 234 g/mol. The highest BCUT2D eigenvalue weighted by molar-refractivity contribution is 5.80. The van der Waals surface area contributed by atoms with Gasteiger partial charge >= 0.3 is 0 Å². The van der Waals surface area contributed by atoms with Gasteiger partial charge in [-0.25, -0.2) is 8.78 Å². The molecule has 0 aliphatic carbocycles. The van der Waals surface area contributed by atoms with E-state index in [1.54, 1.807) is 0 Å². The van der Waals surface area contributed by atoms with Crippen molar-refractivity contribution in [2.45, 2.75) is 37.3 Å². The zero-order valence-electron chi connectivity index (χ0n) is 8.88. The van der Waals surface area contributed by atoms with Crippen LogP contribution in [0.15, 0.2) is 0 Å². The number of hydrogen-bond acceptors (Lipinski definition) is 3. The number of carbonyl (C=O) groups excluding carboxylic acids is 1. The predicted molar refractivity (Wildman–Crippen MR) is 53.1 cm³/mol. The molecule has 0 aromatic heterocycles. The van der Waals surface area contributed by atoms with Crippen molar-refractivity contribution in [3.8, 4) is 0 Å². The second-order valence-corrected chi connectivity index (χ2v) is 4.62. The van der Waals surface area contributed by atoms with Gasteiger partial charge in [-0.15, -0.1) is 0 Å². The lowest BCUT2D eigenvalue weighted by Crippen LogP contribution is -2.44. The fourth-order valence-electron chi connectivity index (χ4n) is 2.52. The number of amides is 1. The Morgan fingerprint density at radius 1 is 1.50 bits per heavy atom. The smallest absolute Gasteiger partial charge is 0.287 e. The van der Waals surface area contributed by atoms with Crippen molar-refractivity contribution >= 4 is 5.91 Å². The number of alkyl halides is 2. The molecule has 0 saturated carbocycles. The van der Waals surface area contributed by atoms with Crippen molar-refractivity contribution in [3.63, 3.8) is 0 Å². The molecule has 0 spiro atoms. The monoisotopic (exact) mass is 234 g/mol. The van der Waals surface area contributed by atoms with Crippen LogP contribution in [0.5, 0.6) is 0 Å². The molecule has 16 heavy (non-hydrogen) atoms. The Labute approximate surface area is 92.4 Å². The van der Waals surface area contributed by atoms with E-state index in [1.807, 2.05) is 0 Å². The van der Waals surface area contributed by atoms with Gasteiger partial charge in [0.2, 0.25) is 5.91 Å². The molecular weight excluding hydrogens is 218 g/mol. The molecule has 3 unspecified atom stereocenters. The van der Waals surface area contributed by atoms with Crippen molar-refractivity contribution in [2.24, 2.45) is 5.92 Å². The summed E-state index contributed by atoms with van der Waals surface area (Å²) in [7, 11) is 0. The summed E-state index contributed by atoms with van der Waals surface area (Å²) in [4.78, 5) is 11.6. The van der Waals surface area contributed by atoms with Gasteiger partial charge in [-0.1, -0.05) is 0 Å². The number of halogens is 2. The van der Waals surface area contributed by atoms with Crippen molar-refractivity contribution in [1.29, 1.82) is 0 Å². The third kappa shape index (κ3) is 2.32. The molecule has 3 atom stereocenters. The Morgan fingerprint density at radius 2 is 2.25 bits per heavy atom. The normalized spacial score (nSPS) is 33.1. The van der Waals surface area contributed by atoms with Crippen LogP contribution in [-0.2, 0) is 4.79 Å². The van der Waals surface area contributed by atoms with Crippen LogP contribution in [-0.4, -0.2) is 42.2 Å². The summed E-state index contributed by atoms with van der Waals surface area (Å²) in [5.74, 6) is -3.73. The number of aliphatic hydroxyl groups excluding tert-OH is 1. The van der Waals surface area contributed by atoms with Crippen LogP contribution in [0.1, 0.15) is 19.3 Å². The molecule has 0 aromatic carbocycles. The van der Waals surface area contributed by atoms with Gasteiger partial charge in [-0.2, -0.15) is 0 Å². The fourth-order valence-corrected chi connectivity index (χ4v) is 2.52. The van der Waals surface area contributed by atoms with Crippen LogP contribution < -0.4 is 10.6 Å². The predicted octanol–water partition coefficient (Wildman–Crippen LogP) is -0.129. The van der Waals surface area contributed by atoms with Crippen molar-refractivity contribution in [2.75, 3.05) is 13.2 Å². The van der Waals surface area contributed by atoms with E-state index in [0.29, 0.717) is 6.04 Å². The SMILES string of the molecule is O=C(NCC(F)(F)CO)C1CC2CCC1N2. The summed E-state index contributed by atoms with van der Waals surface area (Å²) in [6.07, 6.45) is 2.75. The van der Waals surface area contributed by atoms with Gasteiger partial charge in [0.15, 0.2) is 0 Å². The van der Waals surface area contributed by atoms with Crippen molar-refractivity contribution < 1.29 is 18.7 Å². The fraction of sp³-hybridized carbons (Fsp3) is 0.900. The number of carbonyl (C=O) groups is 1. The Hall–Kier alpha value is -0.750. The molecule has 2 rings (SSSR count). The minimum Gasteiger partial charge on any atom is -0.390 e. The van der Waals surface area contributed by atoms with E-state index in [-0.39, 0.29) is 17.9 Å². The largest absolute Gasteiger partial charge is 0.390 e. The van der Waals surface area contributed by atoms with E-state index in [9.17, 15) is 13.6 Å². The standard InChI is InChI=1S/C10H16F2N2O2/c11-10(12,5-15)4-13-9(16)7-3-6-1-2-8(7)14-6/h6-8,14-15H,1-5H2,(H,13,16). The molecule has 2 saturated heterocycles. The summed E-state index contributed by atoms with van der Waals surface area (Å²) in [6.45, 7) is -2.02. The highest BCUT2D eigenvalue weighted by atomic mass is 19.3. The van der Waals surface area contributed by atoms with Crippen LogP contribution in [0.2, 0.25) is 0 Å². The van der Waals surface area contributed by atoms with Gasteiger partial charge < -0.3 is 15.7 Å². The summed E-state index contributed by atoms with van der Waals surface area (Å²) < 4.78 is 25.4. The lowest BCUT2D eigenvalue weighted by molar-refractivity contribution is -0.128. The second-order valence-electron chi connectivity index (χ2n) is 4.62. The maximum atomic E-state index is 12.7. The maximum absolute atomic E-state index is 12.7. The Morgan fingerprint density at radius 3 is 2.75 bits per heavy atom. The molecule has 2 fully saturated rings. The third-order valence-corrected chi connectivity index (χ3v) is 3.39. The summed E-state index contributed by atoms with van der Waals surface area (Å²) in [6, 6.07) is 0.520. The first kappa shape index (κ1) is 11.7. The topological polar surface area (TPSA) is 61.4 Å². The number of nitrogens with one attached hydrogen (secondary N) is 2. The molecule has 2 aliphatic heterocycles. The summed E-state index contributed by atoms with van der Waals surface area (Å²) >= 11 is 0. The third-order valence-electron chi connectivity index (χ3n) is 3.39. The van der Waals surface area contributed by atoms with Gasteiger partial charge in [-0.3, -0.25) is 4.79 Å². The molecule has 2 aliphatic rings. The molecule has 6 heteroatoms. The molecule has 2 heterocycles. The average Bonchev–Trinajstić information content (AvgIpc) is 2.87. The second kappa shape index (κ2) is 4.25. The van der Waals surface area contributed by atoms with Crippen LogP contribution in [0.25, 0.3) is 0 Å². The first-order chi connectivity index (χ1) is 7.52. The number of rotatable bonds is 4. The molecular formula is C10H16F2N2O2. The Kier molecular flexibility index (Phi) is 3.12. The van der Waals surface area contributed by atoms with Gasteiger partial charge in [0, 0.05) is 12.1 Å². The molecule has 3 N–H and O–H groups in total. The van der Waals surface area contributed by atoms with Crippen LogP contribution in [0.4, 0.5) is 8.78 Å². The molecule has 4 nitrogen and oxygen atoms in total. The van der Waals surface area contributed by atoms with Crippen LogP contribution in [0, 0.1) is 5.92 Å². The van der Waals surface area contributed by atoms with Gasteiger partial charge in [0.1, 0.15) is 6.61 Å². The van der Waals surface area contributed by atoms with E-state index in [1.165, 1.54) is 0 Å². The summed E-state index contributed by atoms with van der Waals surface area (Å²) in [5.41, 5.74) is 0. The zero-order valence-corrected chi connectivity index (χ0v) is 8.88. The maximum Gasteiger partial charge on any atom is 0.287 e. The van der Waals surface area contributed by atoms with E-state index < -0.39 is 19.1 Å². The van der Waals surface area contributed by atoms with E-state index in [2.05, 4.69) is 10.6 Å². The minimum atomic E-state index is -3.22. The lowest BCUT2D eigenvalue weighted by atomic mass is 9.88. The highest BCUT2D eigenvalue weighted by Crippen LogP contribution is 2.33. The highest BCUT2D eigenvalue weighted by Gasteiger charge is 2.43. The van der Waals surface area contributed by atoms with Crippen LogP contribution >= 0.6 is 0 Å².